The van der Waals surface area contributed by atoms with Gasteiger partial charge >= 0.3 is 0 Å². The monoisotopic (exact) mass is 403 g/mol. The standard InChI is InChI=1S/C18H20Cl2FNO2S/c1-12(3-4-13-5-7-15(19)16(20)9-13)22-11-14-6-8-18(17(21)10-14)25(2,23)24/h5-10,12,22H,3-4,11H2,1-2H3. The molecule has 0 aliphatic carbocycles. The Morgan fingerprint density at radius 2 is 1.76 bits per heavy atom. The van der Waals surface area contributed by atoms with Crippen LogP contribution in [0.4, 0.5) is 4.39 Å². The molecule has 3 nitrogen and oxygen atoms in total. The normalized spacial score (nSPS) is 13.0. The molecule has 0 radical (unpaired) electrons. The smallest absolute Gasteiger partial charge is 0.178 e. The van der Waals surface area contributed by atoms with Crippen LogP contribution in [0.1, 0.15) is 24.5 Å². The highest BCUT2D eigenvalue weighted by atomic mass is 35.5. The third kappa shape index (κ3) is 5.96. The number of halogens is 3. The van der Waals surface area contributed by atoms with Crippen LogP contribution in [0, 0.1) is 5.82 Å². The number of benzene rings is 2. The van der Waals surface area contributed by atoms with Crippen LogP contribution in [0.15, 0.2) is 41.3 Å². The van der Waals surface area contributed by atoms with Crippen molar-refractivity contribution in [2.45, 2.75) is 37.2 Å². The van der Waals surface area contributed by atoms with E-state index in [1.807, 2.05) is 19.1 Å². The van der Waals surface area contributed by atoms with Crippen molar-refractivity contribution in [3.8, 4) is 0 Å². The van der Waals surface area contributed by atoms with Gasteiger partial charge in [-0.15, -0.1) is 0 Å². The number of sulfone groups is 1. The first kappa shape index (κ1) is 20.2. The molecule has 0 saturated carbocycles. The molecule has 1 unspecified atom stereocenters. The Morgan fingerprint density at radius 1 is 1.08 bits per heavy atom. The maximum absolute atomic E-state index is 13.9. The molecular formula is C18H20Cl2FNO2S. The Kier molecular flexibility index (Phi) is 6.86. The molecule has 136 valence electrons. The topological polar surface area (TPSA) is 46.2 Å². The van der Waals surface area contributed by atoms with Crippen molar-refractivity contribution in [2.75, 3.05) is 6.26 Å². The van der Waals surface area contributed by atoms with Crippen LogP contribution in [0.25, 0.3) is 0 Å². The van der Waals surface area contributed by atoms with Gasteiger partial charge in [-0.3, -0.25) is 0 Å². The van der Waals surface area contributed by atoms with Gasteiger partial charge in [-0.2, -0.15) is 0 Å². The molecule has 0 fully saturated rings. The van der Waals surface area contributed by atoms with E-state index in [1.54, 1.807) is 12.1 Å². The quantitative estimate of drug-likeness (QED) is 0.731. The molecule has 7 heteroatoms. The molecule has 0 spiro atoms. The van der Waals surface area contributed by atoms with Gasteiger partial charge < -0.3 is 5.32 Å². The molecule has 0 saturated heterocycles. The van der Waals surface area contributed by atoms with Crippen molar-refractivity contribution in [2.24, 2.45) is 0 Å². The number of nitrogens with one attached hydrogen (secondary N) is 1. The molecule has 2 aromatic carbocycles. The van der Waals surface area contributed by atoms with E-state index in [1.165, 1.54) is 12.1 Å². The summed E-state index contributed by atoms with van der Waals surface area (Å²) >= 11 is 11.9. The third-order valence-corrected chi connectivity index (χ3v) is 5.77. The van der Waals surface area contributed by atoms with Gasteiger partial charge in [-0.25, -0.2) is 12.8 Å². The van der Waals surface area contributed by atoms with Crippen LogP contribution in [0.2, 0.25) is 10.0 Å². The molecule has 0 amide bonds. The predicted octanol–water partition coefficient (Wildman–Crippen LogP) is 4.65. The van der Waals surface area contributed by atoms with Gasteiger partial charge in [0, 0.05) is 18.8 Å². The summed E-state index contributed by atoms with van der Waals surface area (Å²) in [5.74, 6) is -0.717. The van der Waals surface area contributed by atoms with Gasteiger partial charge in [0.1, 0.15) is 10.7 Å². The fourth-order valence-corrected chi connectivity index (χ4v) is 3.48. The van der Waals surface area contributed by atoms with Crippen LogP contribution in [-0.4, -0.2) is 20.7 Å². The van der Waals surface area contributed by atoms with Crippen molar-refractivity contribution < 1.29 is 12.8 Å². The lowest BCUT2D eigenvalue weighted by Gasteiger charge is -2.14. The minimum absolute atomic E-state index is 0.201. The Hall–Kier alpha value is -1.14. The largest absolute Gasteiger partial charge is 0.310 e. The highest BCUT2D eigenvalue weighted by Crippen LogP contribution is 2.23. The predicted molar refractivity (Wildman–Crippen MR) is 101 cm³/mol. The zero-order chi connectivity index (χ0) is 18.6. The highest BCUT2D eigenvalue weighted by molar-refractivity contribution is 7.90. The zero-order valence-electron chi connectivity index (χ0n) is 14.0. The summed E-state index contributed by atoms with van der Waals surface area (Å²) in [4.78, 5) is -0.274. The molecule has 0 bridgehead atoms. The fourth-order valence-electron chi connectivity index (χ4n) is 2.43. The summed E-state index contributed by atoms with van der Waals surface area (Å²) < 4.78 is 36.7. The minimum Gasteiger partial charge on any atom is -0.310 e. The second-order valence-electron chi connectivity index (χ2n) is 6.11. The van der Waals surface area contributed by atoms with Crippen LogP contribution in [-0.2, 0) is 22.8 Å². The molecule has 2 aromatic rings. The SMILES string of the molecule is CC(CCc1ccc(Cl)c(Cl)c1)NCc1ccc(S(C)(=O)=O)c(F)c1. The third-order valence-electron chi connectivity index (χ3n) is 3.90. The van der Waals surface area contributed by atoms with E-state index in [0.717, 1.165) is 24.7 Å². The van der Waals surface area contributed by atoms with Crippen LogP contribution in [0.5, 0.6) is 0 Å². The van der Waals surface area contributed by atoms with Gasteiger partial charge in [0.05, 0.1) is 10.0 Å². The Bertz CT molecular complexity index is 856. The van der Waals surface area contributed by atoms with Crippen molar-refractivity contribution >= 4 is 33.0 Å². The van der Waals surface area contributed by atoms with Gasteiger partial charge in [-0.05, 0) is 55.2 Å². The minimum atomic E-state index is -3.54. The van der Waals surface area contributed by atoms with E-state index >= 15 is 0 Å². The average Bonchev–Trinajstić information content (AvgIpc) is 2.53. The first-order valence-electron chi connectivity index (χ1n) is 7.82. The molecule has 1 N–H and O–H groups in total. The summed E-state index contributed by atoms with van der Waals surface area (Å²) in [6.45, 7) is 2.50. The lowest BCUT2D eigenvalue weighted by molar-refractivity contribution is 0.511. The lowest BCUT2D eigenvalue weighted by atomic mass is 10.1. The van der Waals surface area contributed by atoms with E-state index in [9.17, 15) is 12.8 Å². The average molecular weight is 404 g/mol. The van der Waals surface area contributed by atoms with E-state index in [-0.39, 0.29) is 10.9 Å². The number of aryl methyl sites for hydroxylation is 1. The fraction of sp³-hybridized carbons (Fsp3) is 0.333. The summed E-state index contributed by atoms with van der Waals surface area (Å²) in [6.07, 6.45) is 2.71. The van der Waals surface area contributed by atoms with Gasteiger partial charge in [0.2, 0.25) is 0 Å². The molecule has 0 aliphatic heterocycles. The number of hydrogen-bond donors (Lipinski definition) is 1. The molecule has 0 heterocycles. The summed E-state index contributed by atoms with van der Waals surface area (Å²) in [5.41, 5.74) is 1.80. The Balaban J connectivity index is 1.88. The zero-order valence-corrected chi connectivity index (χ0v) is 16.3. The molecule has 2 rings (SSSR count). The molecular weight excluding hydrogens is 384 g/mol. The van der Waals surface area contributed by atoms with E-state index < -0.39 is 15.7 Å². The molecule has 0 aromatic heterocycles. The van der Waals surface area contributed by atoms with Crippen molar-refractivity contribution in [1.82, 2.24) is 5.32 Å². The maximum Gasteiger partial charge on any atom is 0.178 e. The molecule has 0 aliphatic rings. The summed E-state index contributed by atoms with van der Waals surface area (Å²) in [5, 5.41) is 4.39. The van der Waals surface area contributed by atoms with Gasteiger partial charge in [0.15, 0.2) is 9.84 Å². The first-order valence-corrected chi connectivity index (χ1v) is 10.5. The summed E-state index contributed by atoms with van der Waals surface area (Å²) in [7, 11) is -3.54. The number of rotatable bonds is 7. The first-order chi connectivity index (χ1) is 11.7. The van der Waals surface area contributed by atoms with E-state index in [2.05, 4.69) is 5.32 Å². The Labute approximate surface area is 158 Å². The number of hydrogen-bond acceptors (Lipinski definition) is 3. The Morgan fingerprint density at radius 3 is 2.36 bits per heavy atom. The van der Waals surface area contributed by atoms with Gasteiger partial charge in [-0.1, -0.05) is 35.3 Å². The highest BCUT2D eigenvalue weighted by Gasteiger charge is 2.14. The molecule has 1 atom stereocenters. The van der Waals surface area contributed by atoms with Crippen LogP contribution < -0.4 is 5.32 Å². The van der Waals surface area contributed by atoms with E-state index in [0.29, 0.717) is 22.2 Å². The molecule has 25 heavy (non-hydrogen) atoms. The second-order valence-corrected chi connectivity index (χ2v) is 8.90. The van der Waals surface area contributed by atoms with E-state index in [4.69, 9.17) is 23.2 Å². The van der Waals surface area contributed by atoms with Crippen molar-refractivity contribution in [3.05, 3.63) is 63.4 Å². The summed E-state index contributed by atoms with van der Waals surface area (Å²) in [6, 6.07) is 9.97. The lowest BCUT2D eigenvalue weighted by Crippen LogP contribution is -2.26. The van der Waals surface area contributed by atoms with Crippen molar-refractivity contribution in [1.29, 1.82) is 0 Å². The van der Waals surface area contributed by atoms with Crippen LogP contribution >= 0.6 is 23.2 Å². The second kappa shape index (κ2) is 8.49. The maximum atomic E-state index is 13.9. The van der Waals surface area contributed by atoms with Crippen molar-refractivity contribution in [3.63, 3.8) is 0 Å². The van der Waals surface area contributed by atoms with Crippen LogP contribution in [0.3, 0.4) is 0 Å². The van der Waals surface area contributed by atoms with Gasteiger partial charge in [0.25, 0.3) is 0 Å².